The van der Waals surface area contributed by atoms with Gasteiger partial charge < -0.3 is 9.84 Å². The summed E-state index contributed by atoms with van der Waals surface area (Å²) >= 11 is 0. The fourth-order valence-corrected chi connectivity index (χ4v) is 3.34. The average Bonchev–Trinajstić information content (AvgIpc) is 3.11. The van der Waals surface area contributed by atoms with E-state index >= 15 is 0 Å². The summed E-state index contributed by atoms with van der Waals surface area (Å²) in [5, 5.41) is 7.69. The fourth-order valence-electron chi connectivity index (χ4n) is 3.34. The number of nitrogens with zero attached hydrogens (tertiary/aromatic N) is 2. The molecule has 0 spiro atoms. The molecule has 1 aromatic heterocycles. The molecule has 2 aliphatic rings. The summed E-state index contributed by atoms with van der Waals surface area (Å²) in [5.41, 5.74) is 0. The van der Waals surface area contributed by atoms with E-state index in [9.17, 15) is 0 Å². The van der Waals surface area contributed by atoms with Crippen LogP contribution < -0.4 is 5.32 Å². The molecule has 106 valence electrons. The van der Waals surface area contributed by atoms with Crippen molar-refractivity contribution < 1.29 is 4.52 Å². The van der Waals surface area contributed by atoms with Gasteiger partial charge in [-0.25, -0.2) is 0 Å². The third kappa shape index (κ3) is 3.35. The van der Waals surface area contributed by atoms with Crippen LogP contribution in [0, 0.1) is 0 Å². The quantitative estimate of drug-likeness (QED) is 0.883. The first kappa shape index (κ1) is 13.1. The van der Waals surface area contributed by atoms with Crippen LogP contribution in [-0.4, -0.2) is 16.7 Å². The lowest BCUT2D eigenvalue weighted by atomic mass is 9.96. The van der Waals surface area contributed by atoms with Crippen molar-refractivity contribution >= 4 is 0 Å². The monoisotopic (exact) mass is 263 g/mol. The fraction of sp³-hybridized carbons (Fsp3) is 0.867. The summed E-state index contributed by atoms with van der Waals surface area (Å²) in [7, 11) is 0. The third-order valence-electron chi connectivity index (χ3n) is 4.54. The summed E-state index contributed by atoms with van der Waals surface area (Å²) in [6, 6.07) is 0.303. The van der Waals surface area contributed by atoms with Crippen LogP contribution in [-0.2, 0) is 0 Å². The average molecular weight is 263 g/mol. The molecule has 2 heterocycles. The largest absolute Gasteiger partial charge is 0.338 e. The van der Waals surface area contributed by atoms with E-state index in [1.807, 2.05) is 0 Å². The van der Waals surface area contributed by atoms with Crippen LogP contribution in [0.2, 0.25) is 0 Å². The van der Waals surface area contributed by atoms with Gasteiger partial charge in [-0.05, 0) is 32.2 Å². The molecule has 1 N–H and O–H groups in total. The van der Waals surface area contributed by atoms with Crippen LogP contribution in [0.25, 0.3) is 0 Å². The van der Waals surface area contributed by atoms with Crippen molar-refractivity contribution in [3.63, 3.8) is 0 Å². The predicted octanol–water partition coefficient (Wildman–Crippen LogP) is 3.71. The van der Waals surface area contributed by atoms with Gasteiger partial charge in [0.2, 0.25) is 5.89 Å². The lowest BCUT2D eigenvalue weighted by molar-refractivity contribution is 0.337. The molecule has 4 nitrogen and oxygen atoms in total. The Bertz CT molecular complexity index is 374. The highest BCUT2D eigenvalue weighted by atomic mass is 16.5. The van der Waals surface area contributed by atoms with E-state index in [1.54, 1.807) is 0 Å². The molecule has 1 aliphatic heterocycles. The number of aromatic nitrogens is 2. The van der Waals surface area contributed by atoms with Crippen molar-refractivity contribution in [2.75, 3.05) is 6.54 Å². The number of hydrogen-bond acceptors (Lipinski definition) is 4. The Hall–Kier alpha value is -0.900. The molecule has 1 saturated heterocycles. The molecule has 3 rings (SSSR count). The maximum Gasteiger partial charge on any atom is 0.243 e. The van der Waals surface area contributed by atoms with Crippen molar-refractivity contribution in [3.8, 4) is 0 Å². The van der Waals surface area contributed by atoms with E-state index in [0.29, 0.717) is 12.0 Å². The lowest BCUT2D eigenvalue weighted by Crippen LogP contribution is -2.13. The Morgan fingerprint density at radius 3 is 2.32 bits per heavy atom. The van der Waals surface area contributed by atoms with Crippen molar-refractivity contribution in [1.82, 2.24) is 15.5 Å². The van der Waals surface area contributed by atoms with Crippen LogP contribution >= 0.6 is 0 Å². The minimum atomic E-state index is 0.303. The topological polar surface area (TPSA) is 51.0 Å². The second-order valence-corrected chi connectivity index (χ2v) is 6.04. The van der Waals surface area contributed by atoms with Gasteiger partial charge in [-0.1, -0.05) is 43.7 Å². The molecular formula is C15H25N3O. The zero-order valence-electron chi connectivity index (χ0n) is 11.7. The van der Waals surface area contributed by atoms with E-state index in [1.165, 1.54) is 57.8 Å². The predicted molar refractivity (Wildman–Crippen MR) is 74.0 cm³/mol. The van der Waals surface area contributed by atoms with Crippen LogP contribution in [0.5, 0.6) is 0 Å². The summed E-state index contributed by atoms with van der Waals surface area (Å²) in [4.78, 5) is 4.68. The molecule has 0 unspecified atom stereocenters. The van der Waals surface area contributed by atoms with E-state index < -0.39 is 0 Å². The standard InChI is InChI=1S/C15H25N3O/c1-2-4-6-9-12(8-5-3-1)14-17-15(19-18-14)13-10-7-11-16-13/h12-13,16H,1-11H2/t13-/m0/s1. The maximum absolute atomic E-state index is 5.48. The molecule has 1 aliphatic carbocycles. The van der Waals surface area contributed by atoms with E-state index in [-0.39, 0.29) is 0 Å². The van der Waals surface area contributed by atoms with E-state index in [4.69, 9.17) is 4.52 Å². The van der Waals surface area contributed by atoms with Crippen LogP contribution in [0.1, 0.15) is 87.9 Å². The minimum Gasteiger partial charge on any atom is -0.338 e. The molecule has 2 fully saturated rings. The van der Waals surface area contributed by atoms with Crippen LogP contribution in [0.4, 0.5) is 0 Å². The minimum absolute atomic E-state index is 0.303. The third-order valence-corrected chi connectivity index (χ3v) is 4.54. The van der Waals surface area contributed by atoms with Crippen LogP contribution in [0.15, 0.2) is 4.52 Å². The first-order chi connectivity index (χ1) is 9.43. The summed E-state index contributed by atoms with van der Waals surface area (Å²) in [6.07, 6.45) is 13.0. The molecule has 1 saturated carbocycles. The normalized spacial score (nSPS) is 26.8. The van der Waals surface area contributed by atoms with Crippen molar-refractivity contribution in [1.29, 1.82) is 0 Å². The van der Waals surface area contributed by atoms with Gasteiger partial charge in [0.15, 0.2) is 5.82 Å². The summed E-state index contributed by atoms with van der Waals surface area (Å²) < 4.78 is 5.48. The molecule has 0 radical (unpaired) electrons. The van der Waals surface area contributed by atoms with Crippen molar-refractivity contribution in [3.05, 3.63) is 11.7 Å². The van der Waals surface area contributed by atoms with Gasteiger partial charge in [0, 0.05) is 5.92 Å². The van der Waals surface area contributed by atoms with E-state index in [0.717, 1.165) is 24.7 Å². The molecule has 0 amide bonds. The zero-order valence-corrected chi connectivity index (χ0v) is 11.7. The second kappa shape index (κ2) is 6.51. The van der Waals surface area contributed by atoms with Crippen molar-refractivity contribution in [2.24, 2.45) is 0 Å². The van der Waals surface area contributed by atoms with E-state index in [2.05, 4.69) is 15.5 Å². The summed E-state index contributed by atoms with van der Waals surface area (Å²) in [6.45, 7) is 1.08. The highest BCUT2D eigenvalue weighted by Crippen LogP contribution is 2.30. The van der Waals surface area contributed by atoms with Gasteiger partial charge in [-0.3, -0.25) is 0 Å². The highest BCUT2D eigenvalue weighted by Gasteiger charge is 2.25. The summed E-state index contributed by atoms with van der Waals surface area (Å²) in [5.74, 6) is 2.30. The van der Waals surface area contributed by atoms with Gasteiger partial charge in [0.1, 0.15) is 0 Å². The van der Waals surface area contributed by atoms with Gasteiger partial charge in [-0.2, -0.15) is 4.98 Å². The molecule has 19 heavy (non-hydrogen) atoms. The number of hydrogen-bond donors (Lipinski definition) is 1. The van der Waals surface area contributed by atoms with Crippen LogP contribution in [0.3, 0.4) is 0 Å². The SMILES string of the molecule is C1CCCCC(c2noc([C@@H]3CCCN3)n2)CCC1. The molecular weight excluding hydrogens is 238 g/mol. The molecule has 0 bridgehead atoms. The van der Waals surface area contributed by atoms with Gasteiger partial charge in [0.25, 0.3) is 0 Å². The first-order valence-corrected chi connectivity index (χ1v) is 8.00. The Labute approximate surface area is 115 Å². The van der Waals surface area contributed by atoms with Gasteiger partial charge in [0.05, 0.1) is 6.04 Å². The number of rotatable bonds is 2. The Kier molecular flexibility index (Phi) is 4.49. The molecule has 1 atom stereocenters. The number of nitrogens with one attached hydrogen (secondary N) is 1. The smallest absolute Gasteiger partial charge is 0.243 e. The first-order valence-electron chi connectivity index (χ1n) is 8.00. The zero-order chi connectivity index (χ0) is 12.9. The van der Waals surface area contributed by atoms with Crippen molar-refractivity contribution in [2.45, 2.75) is 76.2 Å². The van der Waals surface area contributed by atoms with Gasteiger partial charge in [-0.15, -0.1) is 0 Å². The second-order valence-electron chi connectivity index (χ2n) is 6.04. The van der Waals surface area contributed by atoms with Gasteiger partial charge >= 0.3 is 0 Å². The molecule has 0 aromatic carbocycles. The maximum atomic E-state index is 5.48. The Balaban J connectivity index is 1.65. The molecule has 1 aromatic rings. The Morgan fingerprint density at radius 1 is 0.895 bits per heavy atom. The lowest BCUT2D eigenvalue weighted by Gasteiger charge is -2.10. The molecule has 4 heteroatoms. The Morgan fingerprint density at radius 2 is 1.63 bits per heavy atom. The highest BCUT2D eigenvalue weighted by molar-refractivity contribution is 5.00.